The lowest BCUT2D eigenvalue weighted by molar-refractivity contribution is 0.406. The van der Waals surface area contributed by atoms with E-state index in [0.717, 1.165) is 22.6 Å². The third-order valence-electron chi connectivity index (χ3n) is 3.88. The Morgan fingerprint density at radius 1 is 1.05 bits per heavy atom. The van der Waals surface area contributed by atoms with E-state index in [1.54, 1.807) is 12.1 Å². The molecule has 0 amide bonds. The highest BCUT2D eigenvalue weighted by molar-refractivity contribution is 6.30. The van der Waals surface area contributed by atoms with Gasteiger partial charge in [0.15, 0.2) is 0 Å². The molecule has 2 N–H and O–H groups in total. The molecule has 106 valence electrons. The molecule has 0 radical (unpaired) electrons. The minimum absolute atomic E-state index is 0.0610. The minimum Gasteiger partial charge on any atom is -0.327 e. The van der Waals surface area contributed by atoms with Crippen LogP contribution in [0, 0.1) is 5.82 Å². The molecule has 2 rings (SSSR count). The highest BCUT2D eigenvalue weighted by Crippen LogP contribution is 2.28. The highest BCUT2D eigenvalue weighted by atomic mass is 35.5. The maximum atomic E-state index is 13.0. The van der Waals surface area contributed by atoms with E-state index in [9.17, 15) is 4.39 Å². The van der Waals surface area contributed by atoms with Gasteiger partial charge in [-0.2, -0.15) is 0 Å². The number of rotatable bonds is 4. The van der Waals surface area contributed by atoms with Crippen LogP contribution < -0.4 is 5.73 Å². The number of hydrogen-bond donors (Lipinski definition) is 1. The second-order valence-electron chi connectivity index (χ2n) is 5.67. The Hall–Kier alpha value is -1.38. The van der Waals surface area contributed by atoms with Crippen molar-refractivity contribution in [2.24, 2.45) is 5.73 Å². The van der Waals surface area contributed by atoms with Crippen LogP contribution in [-0.2, 0) is 11.8 Å². The Labute approximate surface area is 124 Å². The van der Waals surface area contributed by atoms with Crippen molar-refractivity contribution in [2.75, 3.05) is 0 Å². The molecule has 0 aliphatic heterocycles. The second-order valence-corrected chi connectivity index (χ2v) is 6.10. The summed E-state index contributed by atoms with van der Waals surface area (Å²) in [5, 5.41) is 0.722. The van der Waals surface area contributed by atoms with Crippen molar-refractivity contribution in [3.63, 3.8) is 0 Å². The number of hydrogen-bond acceptors (Lipinski definition) is 1. The van der Waals surface area contributed by atoms with Gasteiger partial charge in [-0.3, -0.25) is 0 Å². The van der Waals surface area contributed by atoms with Crippen molar-refractivity contribution in [3.05, 3.63) is 70.5 Å². The summed E-state index contributed by atoms with van der Waals surface area (Å²) in [5.74, 6) is -0.226. The van der Waals surface area contributed by atoms with Crippen molar-refractivity contribution in [2.45, 2.75) is 31.7 Å². The summed E-state index contributed by atoms with van der Waals surface area (Å²) in [6, 6.07) is 14.2. The van der Waals surface area contributed by atoms with Gasteiger partial charge in [-0.1, -0.05) is 49.7 Å². The van der Waals surface area contributed by atoms with Crippen LogP contribution in [-0.4, -0.2) is 6.04 Å². The van der Waals surface area contributed by atoms with Gasteiger partial charge in [0.25, 0.3) is 0 Å². The summed E-state index contributed by atoms with van der Waals surface area (Å²) in [5.41, 5.74) is 8.33. The minimum atomic E-state index is -0.229. The monoisotopic (exact) mass is 291 g/mol. The van der Waals surface area contributed by atoms with Crippen LogP contribution in [0.5, 0.6) is 0 Å². The molecule has 0 fully saturated rings. The predicted octanol–water partition coefficient (Wildman–Crippen LogP) is 4.33. The standard InChI is InChI=1S/C17H19ClFN/c1-17(2,13-5-9-15(19)10-6-13)16(20)11-12-3-7-14(18)8-4-12/h3-10,16H,11,20H2,1-2H3. The molecule has 0 saturated heterocycles. The van der Waals surface area contributed by atoms with E-state index in [-0.39, 0.29) is 17.3 Å². The lowest BCUT2D eigenvalue weighted by Gasteiger charge is -2.32. The number of nitrogens with two attached hydrogens (primary N) is 1. The molecule has 20 heavy (non-hydrogen) atoms. The van der Waals surface area contributed by atoms with Crippen molar-refractivity contribution in [1.29, 1.82) is 0 Å². The van der Waals surface area contributed by atoms with E-state index >= 15 is 0 Å². The highest BCUT2D eigenvalue weighted by Gasteiger charge is 2.28. The van der Waals surface area contributed by atoms with E-state index in [1.165, 1.54) is 12.1 Å². The molecule has 0 aliphatic carbocycles. The molecule has 0 bridgehead atoms. The zero-order valence-corrected chi connectivity index (χ0v) is 12.5. The van der Waals surface area contributed by atoms with Crippen molar-refractivity contribution in [1.82, 2.24) is 0 Å². The largest absolute Gasteiger partial charge is 0.327 e. The van der Waals surface area contributed by atoms with Gasteiger partial charge >= 0.3 is 0 Å². The lowest BCUT2D eigenvalue weighted by Crippen LogP contribution is -2.42. The third-order valence-corrected chi connectivity index (χ3v) is 4.14. The average molecular weight is 292 g/mol. The Morgan fingerprint density at radius 3 is 2.15 bits per heavy atom. The van der Waals surface area contributed by atoms with Crippen molar-refractivity contribution >= 4 is 11.6 Å². The molecule has 0 aromatic heterocycles. The normalized spacial score (nSPS) is 13.2. The fraction of sp³-hybridized carbons (Fsp3) is 0.294. The predicted molar refractivity (Wildman–Crippen MR) is 82.6 cm³/mol. The summed E-state index contributed by atoms with van der Waals surface area (Å²) in [4.78, 5) is 0. The van der Waals surface area contributed by atoms with Gasteiger partial charge in [0, 0.05) is 16.5 Å². The van der Waals surface area contributed by atoms with Crippen LogP contribution in [0.2, 0.25) is 5.02 Å². The maximum absolute atomic E-state index is 13.0. The molecule has 0 heterocycles. The van der Waals surface area contributed by atoms with Gasteiger partial charge in [0.1, 0.15) is 5.82 Å². The van der Waals surface area contributed by atoms with Crippen LogP contribution in [0.1, 0.15) is 25.0 Å². The van der Waals surface area contributed by atoms with Crippen molar-refractivity contribution in [3.8, 4) is 0 Å². The topological polar surface area (TPSA) is 26.0 Å². The molecule has 1 nitrogen and oxygen atoms in total. The second kappa shape index (κ2) is 5.94. The fourth-order valence-electron chi connectivity index (χ4n) is 2.22. The molecule has 1 atom stereocenters. The van der Waals surface area contributed by atoms with Gasteiger partial charge < -0.3 is 5.73 Å². The number of halogens is 2. The zero-order valence-electron chi connectivity index (χ0n) is 11.7. The summed E-state index contributed by atoms with van der Waals surface area (Å²) in [7, 11) is 0. The maximum Gasteiger partial charge on any atom is 0.123 e. The number of benzene rings is 2. The molecule has 0 spiro atoms. The average Bonchev–Trinajstić information content (AvgIpc) is 2.42. The first-order valence-corrected chi connectivity index (χ1v) is 7.03. The molecule has 2 aromatic carbocycles. The molecule has 1 unspecified atom stereocenters. The molecule has 2 aromatic rings. The van der Waals surface area contributed by atoms with Crippen LogP contribution in [0.15, 0.2) is 48.5 Å². The van der Waals surface area contributed by atoms with E-state index in [4.69, 9.17) is 17.3 Å². The van der Waals surface area contributed by atoms with E-state index in [2.05, 4.69) is 13.8 Å². The van der Waals surface area contributed by atoms with Crippen LogP contribution >= 0.6 is 11.6 Å². The molecule has 0 aliphatic rings. The van der Waals surface area contributed by atoms with Gasteiger partial charge in [0.05, 0.1) is 0 Å². The van der Waals surface area contributed by atoms with Crippen molar-refractivity contribution < 1.29 is 4.39 Å². The van der Waals surface area contributed by atoms with E-state index in [0.29, 0.717) is 0 Å². The van der Waals surface area contributed by atoms with Crippen LogP contribution in [0.3, 0.4) is 0 Å². The fourth-order valence-corrected chi connectivity index (χ4v) is 2.35. The van der Waals surface area contributed by atoms with Gasteiger partial charge in [0.2, 0.25) is 0 Å². The Balaban J connectivity index is 2.16. The van der Waals surface area contributed by atoms with Gasteiger partial charge in [-0.15, -0.1) is 0 Å². The Morgan fingerprint density at radius 2 is 1.60 bits per heavy atom. The Bertz CT molecular complexity index is 561. The quantitative estimate of drug-likeness (QED) is 0.891. The molecule has 0 saturated carbocycles. The SMILES string of the molecule is CC(C)(c1ccc(F)cc1)C(N)Cc1ccc(Cl)cc1. The van der Waals surface area contributed by atoms with Gasteiger partial charge in [-0.05, 0) is 41.8 Å². The first-order valence-electron chi connectivity index (χ1n) is 6.65. The summed E-state index contributed by atoms with van der Waals surface area (Å²) >= 11 is 5.88. The first-order chi connectivity index (χ1) is 9.39. The molecular formula is C17H19ClFN. The van der Waals surface area contributed by atoms with Crippen LogP contribution in [0.25, 0.3) is 0 Å². The first kappa shape index (κ1) is 15.0. The summed E-state index contributed by atoms with van der Waals surface area (Å²) in [6.07, 6.45) is 0.752. The van der Waals surface area contributed by atoms with E-state index < -0.39 is 0 Å². The van der Waals surface area contributed by atoms with Crippen LogP contribution in [0.4, 0.5) is 4.39 Å². The lowest BCUT2D eigenvalue weighted by atomic mass is 9.76. The van der Waals surface area contributed by atoms with Gasteiger partial charge in [-0.25, -0.2) is 4.39 Å². The molecule has 3 heteroatoms. The Kier molecular flexibility index (Phi) is 4.46. The van der Waals surface area contributed by atoms with E-state index in [1.807, 2.05) is 24.3 Å². The zero-order chi connectivity index (χ0) is 14.8. The molecular weight excluding hydrogens is 273 g/mol. The third kappa shape index (κ3) is 3.38. The smallest absolute Gasteiger partial charge is 0.123 e. The summed E-state index contributed by atoms with van der Waals surface area (Å²) < 4.78 is 13.0. The summed E-state index contributed by atoms with van der Waals surface area (Å²) in [6.45, 7) is 4.17.